The van der Waals surface area contributed by atoms with Crippen molar-refractivity contribution < 1.29 is 13.2 Å². The molecule has 0 saturated heterocycles. The standard InChI is InChI=1S/C14H23NO3S/c1-5-15-11(3)12-7-8-14(18-4)13(9-12)10-19(16,17)6-2/h7-9,11,15H,5-6,10H2,1-4H3. The quantitative estimate of drug-likeness (QED) is 0.835. The molecule has 1 aromatic rings. The van der Waals surface area contributed by atoms with Gasteiger partial charge in [0.05, 0.1) is 12.9 Å². The van der Waals surface area contributed by atoms with Crippen LogP contribution >= 0.6 is 0 Å². The van der Waals surface area contributed by atoms with Gasteiger partial charge in [-0.1, -0.05) is 19.9 Å². The number of benzene rings is 1. The molecule has 1 unspecified atom stereocenters. The van der Waals surface area contributed by atoms with Gasteiger partial charge in [-0.2, -0.15) is 0 Å². The van der Waals surface area contributed by atoms with E-state index in [1.807, 2.05) is 25.1 Å². The largest absolute Gasteiger partial charge is 0.496 e. The lowest BCUT2D eigenvalue weighted by Gasteiger charge is -2.16. The lowest BCUT2D eigenvalue weighted by molar-refractivity contribution is 0.410. The normalized spacial score (nSPS) is 13.3. The summed E-state index contributed by atoms with van der Waals surface area (Å²) >= 11 is 0. The fourth-order valence-electron chi connectivity index (χ4n) is 1.94. The van der Waals surface area contributed by atoms with E-state index in [1.165, 1.54) is 0 Å². The highest BCUT2D eigenvalue weighted by Gasteiger charge is 2.15. The summed E-state index contributed by atoms with van der Waals surface area (Å²) in [5, 5.41) is 3.31. The van der Waals surface area contributed by atoms with Crippen LogP contribution in [0.1, 0.15) is 37.9 Å². The predicted molar refractivity (Wildman–Crippen MR) is 78.3 cm³/mol. The Morgan fingerprint density at radius 2 is 2.00 bits per heavy atom. The summed E-state index contributed by atoms with van der Waals surface area (Å²) in [6.45, 7) is 6.63. The number of methoxy groups -OCH3 is 1. The summed E-state index contributed by atoms with van der Waals surface area (Å²) in [4.78, 5) is 0. The second-order valence-electron chi connectivity index (χ2n) is 4.53. The molecule has 0 aliphatic rings. The molecular weight excluding hydrogens is 262 g/mol. The molecule has 0 heterocycles. The maximum Gasteiger partial charge on any atom is 0.154 e. The van der Waals surface area contributed by atoms with Crippen LogP contribution in [0.3, 0.4) is 0 Å². The topological polar surface area (TPSA) is 55.4 Å². The highest BCUT2D eigenvalue weighted by Crippen LogP contribution is 2.25. The zero-order valence-electron chi connectivity index (χ0n) is 12.1. The lowest BCUT2D eigenvalue weighted by atomic mass is 10.0. The summed E-state index contributed by atoms with van der Waals surface area (Å²) in [7, 11) is -1.50. The lowest BCUT2D eigenvalue weighted by Crippen LogP contribution is -2.18. The van der Waals surface area contributed by atoms with E-state index < -0.39 is 9.84 Å². The third-order valence-corrected chi connectivity index (χ3v) is 4.76. The Morgan fingerprint density at radius 3 is 2.53 bits per heavy atom. The zero-order valence-corrected chi connectivity index (χ0v) is 12.9. The summed E-state index contributed by atoms with van der Waals surface area (Å²) in [6, 6.07) is 5.91. The van der Waals surface area contributed by atoms with Crippen LogP contribution in [-0.2, 0) is 15.6 Å². The smallest absolute Gasteiger partial charge is 0.154 e. The van der Waals surface area contributed by atoms with Gasteiger partial charge in [-0.3, -0.25) is 0 Å². The monoisotopic (exact) mass is 285 g/mol. The van der Waals surface area contributed by atoms with Gasteiger partial charge in [-0.15, -0.1) is 0 Å². The number of hydrogen-bond donors (Lipinski definition) is 1. The van der Waals surface area contributed by atoms with E-state index in [9.17, 15) is 8.42 Å². The van der Waals surface area contributed by atoms with Crippen molar-refractivity contribution in [2.75, 3.05) is 19.4 Å². The minimum absolute atomic E-state index is 0.0271. The molecule has 4 nitrogen and oxygen atoms in total. The average Bonchev–Trinajstić information content (AvgIpc) is 2.38. The Kier molecular flexibility index (Phi) is 5.82. The molecule has 1 atom stereocenters. The predicted octanol–water partition coefficient (Wildman–Crippen LogP) is 2.30. The van der Waals surface area contributed by atoms with E-state index in [0.29, 0.717) is 5.75 Å². The second-order valence-corrected chi connectivity index (χ2v) is 6.88. The molecule has 1 aromatic carbocycles. The van der Waals surface area contributed by atoms with Crippen LogP contribution in [0.25, 0.3) is 0 Å². The second kappa shape index (κ2) is 6.91. The van der Waals surface area contributed by atoms with Crippen LogP contribution in [-0.4, -0.2) is 27.8 Å². The Bertz CT molecular complexity index is 511. The maximum atomic E-state index is 11.8. The van der Waals surface area contributed by atoms with Crippen molar-refractivity contribution in [3.05, 3.63) is 29.3 Å². The van der Waals surface area contributed by atoms with Gasteiger partial charge in [-0.25, -0.2) is 8.42 Å². The van der Waals surface area contributed by atoms with Crippen LogP contribution < -0.4 is 10.1 Å². The van der Waals surface area contributed by atoms with Crippen molar-refractivity contribution in [3.63, 3.8) is 0 Å². The highest BCUT2D eigenvalue weighted by atomic mass is 32.2. The molecular formula is C14H23NO3S. The Labute approximate surface area is 116 Å². The molecule has 1 rings (SSSR count). The molecule has 19 heavy (non-hydrogen) atoms. The van der Waals surface area contributed by atoms with E-state index in [2.05, 4.69) is 12.2 Å². The maximum absolute atomic E-state index is 11.8. The van der Waals surface area contributed by atoms with Crippen LogP contribution in [0.5, 0.6) is 5.75 Å². The Morgan fingerprint density at radius 1 is 1.32 bits per heavy atom. The van der Waals surface area contributed by atoms with E-state index in [-0.39, 0.29) is 17.5 Å². The Hall–Kier alpha value is -1.07. The van der Waals surface area contributed by atoms with Gasteiger partial charge in [-0.05, 0) is 31.2 Å². The molecule has 0 spiro atoms. The van der Waals surface area contributed by atoms with Crippen molar-refractivity contribution in [2.45, 2.75) is 32.6 Å². The first kappa shape index (κ1) is 16.0. The molecule has 0 aliphatic heterocycles. The number of ether oxygens (including phenoxy) is 1. The van der Waals surface area contributed by atoms with Crippen LogP contribution in [0.2, 0.25) is 0 Å². The first-order valence-electron chi connectivity index (χ1n) is 6.54. The molecule has 5 heteroatoms. The number of hydrogen-bond acceptors (Lipinski definition) is 4. The SMILES string of the molecule is CCNC(C)c1ccc(OC)c(CS(=O)(=O)CC)c1. The van der Waals surface area contributed by atoms with Crippen molar-refractivity contribution in [1.82, 2.24) is 5.32 Å². The van der Waals surface area contributed by atoms with Gasteiger partial charge >= 0.3 is 0 Å². The molecule has 0 saturated carbocycles. The molecule has 1 N–H and O–H groups in total. The molecule has 108 valence electrons. The van der Waals surface area contributed by atoms with Gasteiger partial charge < -0.3 is 10.1 Å². The van der Waals surface area contributed by atoms with Gasteiger partial charge in [0.15, 0.2) is 9.84 Å². The molecule has 0 bridgehead atoms. The fraction of sp³-hybridized carbons (Fsp3) is 0.571. The van der Waals surface area contributed by atoms with Gasteiger partial charge in [0.2, 0.25) is 0 Å². The van der Waals surface area contributed by atoms with Gasteiger partial charge in [0.25, 0.3) is 0 Å². The molecule has 0 aliphatic carbocycles. The third-order valence-electron chi connectivity index (χ3n) is 3.13. The first-order chi connectivity index (χ1) is 8.93. The van der Waals surface area contributed by atoms with Crippen molar-refractivity contribution in [1.29, 1.82) is 0 Å². The summed E-state index contributed by atoms with van der Waals surface area (Å²) in [5.41, 5.74) is 1.80. The fourth-order valence-corrected chi connectivity index (χ4v) is 2.85. The molecule has 0 aromatic heterocycles. The number of nitrogens with one attached hydrogen (secondary N) is 1. The Balaban J connectivity index is 3.09. The van der Waals surface area contributed by atoms with Crippen molar-refractivity contribution >= 4 is 9.84 Å². The summed E-state index contributed by atoms with van der Waals surface area (Å²) < 4.78 is 28.8. The van der Waals surface area contributed by atoms with E-state index in [1.54, 1.807) is 14.0 Å². The first-order valence-corrected chi connectivity index (χ1v) is 8.36. The summed E-state index contributed by atoms with van der Waals surface area (Å²) in [5.74, 6) is 0.798. The van der Waals surface area contributed by atoms with Gasteiger partial charge in [0.1, 0.15) is 5.75 Å². The minimum atomic E-state index is -3.06. The average molecular weight is 285 g/mol. The summed E-state index contributed by atoms with van der Waals surface area (Å²) in [6.07, 6.45) is 0. The van der Waals surface area contributed by atoms with Gasteiger partial charge in [0, 0.05) is 17.4 Å². The van der Waals surface area contributed by atoms with E-state index >= 15 is 0 Å². The minimum Gasteiger partial charge on any atom is -0.496 e. The van der Waals surface area contributed by atoms with E-state index in [4.69, 9.17) is 4.74 Å². The number of rotatable bonds is 7. The zero-order chi connectivity index (χ0) is 14.5. The van der Waals surface area contributed by atoms with Crippen LogP contribution in [0, 0.1) is 0 Å². The third kappa shape index (κ3) is 4.51. The van der Waals surface area contributed by atoms with Crippen molar-refractivity contribution in [3.8, 4) is 5.75 Å². The van der Waals surface area contributed by atoms with Crippen LogP contribution in [0.15, 0.2) is 18.2 Å². The number of sulfone groups is 1. The van der Waals surface area contributed by atoms with Crippen molar-refractivity contribution in [2.24, 2.45) is 0 Å². The molecule has 0 fully saturated rings. The van der Waals surface area contributed by atoms with Crippen LogP contribution in [0.4, 0.5) is 0 Å². The van der Waals surface area contributed by atoms with E-state index in [0.717, 1.165) is 17.7 Å². The molecule has 0 radical (unpaired) electrons. The molecule has 0 amide bonds. The highest BCUT2D eigenvalue weighted by molar-refractivity contribution is 7.90.